The highest BCUT2D eigenvalue weighted by Gasteiger charge is 2.04. The predicted octanol–water partition coefficient (Wildman–Crippen LogP) is 1.69. The summed E-state index contributed by atoms with van der Waals surface area (Å²) >= 11 is 0. The summed E-state index contributed by atoms with van der Waals surface area (Å²) in [4.78, 5) is 4.01. The minimum Gasteiger partial charge on any atom is -0.497 e. The van der Waals surface area contributed by atoms with Crippen LogP contribution in [0.4, 0.5) is 0 Å². The topological polar surface area (TPSA) is 48.3 Å². The highest BCUT2D eigenvalue weighted by molar-refractivity contribution is 5.40. The molecule has 1 aromatic heterocycles. The molecule has 0 radical (unpaired) electrons. The molecule has 0 bridgehead atoms. The van der Waals surface area contributed by atoms with Crippen molar-refractivity contribution in [1.82, 2.24) is 14.9 Å². The van der Waals surface area contributed by atoms with Crippen molar-refractivity contribution in [1.29, 1.82) is 0 Å². The molecule has 0 unspecified atom stereocenters. The van der Waals surface area contributed by atoms with Crippen molar-refractivity contribution >= 4 is 0 Å². The molecule has 0 saturated carbocycles. The molecule has 1 N–H and O–H groups in total. The molecule has 0 atom stereocenters. The second-order valence-corrected chi connectivity index (χ2v) is 4.16. The minimum absolute atomic E-state index is 0.745. The van der Waals surface area contributed by atoms with Crippen LogP contribution in [0, 0.1) is 0 Å². The van der Waals surface area contributed by atoms with E-state index in [1.807, 2.05) is 35.3 Å². The minimum atomic E-state index is 0.745. The van der Waals surface area contributed by atoms with Crippen LogP contribution in [0.1, 0.15) is 5.56 Å². The molecule has 0 aliphatic heterocycles. The van der Waals surface area contributed by atoms with Gasteiger partial charge in [0, 0.05) is 37.6 Å². The maximum Gasteiger partial charge on any atom is 0.123 e. The summed E-state index contributed by atoms with van der Waals surface area (Å²) in [5.74, 6) is 1.71. The van der Waals surface area contributed by atoms with Crippen molar-refractivity contribution in [3.05, 3.63) is 42.5 Å². The fraction of sp³-hybridized carbons (Fsp3) is 0.357. The Balaban J connectivity index is 1.87. The molecule has 0 saturated heterocycles. The third-order valence-electron chi connectivity index (χ3n) is 2.91. The molecule has 1 heterocycles. The first-order valence-electron chi connectivity index (χ1n) is 6.21. The largest absolute Gasteiger partial charge is 0.497 e. The van der Waals surface area contributed by atoms with Crippen molar-refractivity contribution in [3.63, 3.8) is 0 Å². The first-order chi connectivity index (χ1) is 9.33. The average molecular weight is 261 g/mol. The molecule has 0 aliphatic rings. The molecule has 0 spiro atoms. The molecule has 0 amide bonds. The first-order valence-corrected chi connectivity index (χ1v) is 6.21. The Bertz CT molecular complexity index is 497. The standard InChI is InChI=1S/C14H19N3O2/c1-18-13-3-4-14(19-2)12(9-13)10-15-5-7-17-8-6-16-11-17/h3-4,6,8-9,11,15H,5,7,10H2,1-2H3. The Labute approximate surface area is 113 Å². The molecule has 5 nitrogen and oxygen atoms in total. The van der Waals surface area contributed by atoms with Crippen molar-refractivity contribution in [2.45, 2.75) is 13.1 Å². The number of hydrogen-bond donors (Lipinski definition) is 1. The smallest absolute Gasteiger partial charge is 0.123 e. The van der Waals surface area contributed by atoms with Gasteiger partial charge in [0.15, 0.2) is 0 Å². The van der Waals surface area contributed by atoms with E-state index in [0.717, 1.165) is 36.7 Å². The van der Waals surface area contributed by atoms with Gasteiger partial charge in [-0.2, -0.15) is 0 Å². The number of nitrogens with one attached hydrogen (secondary N) is 1. The highest BCUT2D eigenvalue weighted by Crippen LogP contribution is 2.23. The lowest BCUT2D eigenvalue weighted by atomic mass is 10.2. The van der Waals surface area contributed by atoms with Gasteiger partial charge in [-0.1, -0.05) is 0 Å². The summed E-state index contributed by atoms with van der Waals surface area (Å²) in [5.41, 5.74) is 1.09. The summed E-state index contributed by atoms with van der Waals surface area (Å²) < 4.78 is 12.6. The third-order valence-corrected chi connectivity index (χ3v) is 2.91. The zero-order valence-corrected chi connectivity index (χ0v) is 11.3. The number of hydrogen-bond acceptors (Lipinski definition) is 4. The van der Waals surface area contributed by atoms with Gasteiger partial charge in [-0.15, -0.1) is 0 Å². The highest BCUT2D eigenvalue weighted by atomic mass is 16.5. The summed E-state index contributed by atoms with van der Waals surface area (Å²) in [6.45, 7) is 2.51. The van der Waals surface area contributed by atoms with Crippen molar-refractivity contribution in [2.24, 2.45) is 0 Å². The van der Waals surface area contributed by atoms with Gasteiger partial charge in [-0.05, 0) is 18.2 Å². The fourth-order valence-corrected chi connectivity index (χ4v) is 1.87. The van der Waals surface area contributed by atoms with E-state index < -0.39 is 0 Å². The molecule has 1 aromatic carbocycles. The van der Waals surface area contributed by atoms with Crippen molar-refractivity contribution in [2.75, 3.05) is 20.8 Å². The van der Waals surface area contributed by atoms with Gasteiger partial charge in [0.25, 0.3) is 0 Å². The lowest BCUT2D eigenvalue weighted by Gasteiger charge is -2.11. The summed E-state index contributed by atoms with van der Waals surface area (Å²) in [7, 11) is 3.34. The van der Waals surface area contributed by atoms with Crippen LogP contribution in [0.3, 0.4) is 0 Å². The van der Waals surface area contributed by atoms with E-state index in [1.54, 1.807) is 20.4 Å². The lowest BCUT2D eigenvalue weighted by Crippen LogP contribution is -2.19. The van der Waals surface area contributed by atoms with E-state index in [1.165, 1.54) is 0 Å². The van der Waals surface area contributed by atoms with Crippen LogP contribution in [0.15, 0.2) is 36.9 Å². The zero-order chi connectivity index (χ0) is 13.5. The Hall–Kier alpha value is -2.01. The SMILES string of the molecule is COc1ccc(OC)c(CNCCn2ccnc2)c1. The lowest BCUT2D eigenvalue weighted by molar-refractivity contribution is 0.397. The molecule has 0 aliphatic carbocycles. The van der Waals surface area contributed by atoms with Crippen LogP contribution >= 0.6 is 0 Å². The monoisotopic (exact) mass is 261 g/mol. The Morgan fingerprint density at radius 2 is 2.16 bits per heavy atom. The van der Waals surface area contributed by atoms with Gasteiger partial charge in [0.1, 0.15) is 11.5 Å². The van der Waals surface area contributed by atoms with E-state index in [4.69, 9.17) is 9.47 Å². The van der Waals surface area contributed by atoms with Crippen LogP contribution < -0.4 is 14.8 Å². The number of methoxy groups -OCH3 is 2. The fourth-order valence-electron chi connectivity index (χ4n) is 1.87. The van der Waals surface area contributed by atoms with Crippen LogP contribution in [-0.2, 0) is 13.1 Å². The number of ether oxygens (including phenoxy) is 2. The van der Waals surface area contributed by atoms with E-state index in [9.17, 15) is 0 Å². The van der Waals surface area contributed by atoms with Crippen LogP contribution in [0.5, 0.6) is 11.5 Å². The molecule has 2 aromatic rings. The molecular weight excluding hydrogens is 242 g/mol. The normalized spacial score (nSPS) is 10.4. The van der Waals surface area contributed by atoms with Gasteiger partial charge in [-0.3, -0.25) is 0 Å². The number of benzene rings is 1. The van der Waals surface area contributed by atoms with E-state index in [0.29, 0.717) is 0 Å². The maximum atomic E-state index is 5.34. The van der Waals surface area contributed by atoms with E-state index in [-0.39, 0.29) is 0 Å². The third kappa shape index (κ3) is 3.72. The summed E-state index contributed by atoms with van der Waals surface area (Å²) in [6, 6.07) is 5.81. The molecule has 2 rings (SSSR count). The second kappa shape index (κ2) is 6.80. The number of rotatable bonds is 7. The Kier molecular flexibility index (Phi) is 4.80. The first kappa shape index (κ1) is 13.4. The molecule has 102 valence electrons. The molecule has 19 heavy (non-hydrogen) atoms. The Morgan fingerprint density at radius 3 is 2.84 bits per heavy atom. The van der Waals surface area contributed by atoms with Gasteiger partial charge < -0.3 is 19.4 Å². The maximum absolute atomic E-state index is 5.34. The number of aromatic nitrogens is 2. The van der Waals surface area contributed by atoms with Gasteiger partial charge in [0.05, 0.1) is 20.5 Å². The zero-order valence-electron chi connectivity index (χ0n) is 11.3. The van der Waals surface area contributed by atoms with Crippen molar-refractivity contribution < 1.29 is 9.47 Å². The molecule has 0 fully saturated rings. The molecular formula is C14H19N3O2. The summed E-state index contributed by atoms with van der Waals surface area (Å²) in [5, 5.41) is 3.38. The molecule has 5 heteroatoms. The van der Waals surface area contributed by atoms with Crippen molar-refractivity contribution in [3.8, 4) is 11.5 Å². The van der Waals surface area contributed by atoms with Crippen LogP contribution in [0.25, 0.3) is 0 Å². The Morgan fingerprint density at radius 1 is 1.26 bits per heavy atom. The second-order valence-electron chi connectivity index (χ2n) is 4.16. The van der Waals surface area contributed by atoms with Crippen LogP contribution in [0.2, 0.25) is 0 Å². The van der Waals surface area contributed by atoms with Gasteiger partial charge in [-0.25, -0.2) is 4.98 Å². The quantitative estimate of drug-likeness (QED) is 0.771. The number of nitrogens with zero attached hydrogens (tertiary/aromatic N) is 2. The van der Waals surface area contributed by atoms with E-state index >= 15 is 0 Å². The van der Waals surface area contributed by atoms with Crippen LogP contribution in [-0.4, -0.2) is 30.3 Å². The summed E-state index contributed by atoms with van der Waals surface area (Å²) in [6.07, 6.45) is 5.55. The van der Waals surface area contributed by atoms with Gasteiger partial charge in [0.2, 0.25) is 0 Å². The average Bonchev–Trinajstić information content (AvgIpc) is 2.96. The van der Waals surface area contributed by atoms with Gasteiger partial charge >= 0.3 is 0 Å². The number of imidazole rings is 1. The van der Waals surface area contributed by atoms with E-state index in [2.05, 4.69) is 10.3 Å². The predicted molar refractivity (Wildman–Crippen MR) is 73.5 cm³/mol.